The van der Waals surface area contributed by atoms with Crippen molar-refractivity contribution in [3.63, 3.8) is 0 Å². The van der Waals surface area contributed by atoms with Gasteiger partial charge in [-0.15, -0.1) is 6.58 Å². The summed E-state index contributed by atoms with van der Waals surface area (Å²) >= 11 is 0. The minimum absolute atomic E-state index is 0.128. The number of hydrogen-bond acceptors (Lipinski definition) is 1. The second kappa shape index (κ2) is 9.28. The van der Waals surface area contributed by atoms with Crippen LogP contribution in [0.2, 0.25) is 0 Å². The van der Waals surface area contributed by atoms with E-state index in [0.717, 1.165) is 23.5 Å². The molecule has 2 amide bonds. The lowest BCUT2D eigenvalue weighted by atomic mass is 10.1. The maximum atomic E-state index is 12.9. The molecule has 29 heavy (non-hydrogen) atoms. The Bertz CT molecular complexity index is 1000. The standard InChI is InChI=1S/C25H29N3O/c1-5-13-28(25(29)26-23-12-11-20(3)21(4)16-23)18-24-10-7-14-27(24)17-22-9-6-8-19(2)15-22/h5-12,14-16H,1,13,17-18H2,2-4H3,(H,26,29). The highest BCUT2D eigenvalue weighted by atomic mass is 16.2. The lowest BCUT2D eigenvalue weighted by Crippen LogP contribution is -2.35. The van der Waals surface area contributed by atoms with Crippen LogP contribution in [-0.4, -0.2) is 22.0 Å². The van der Waals surface area contributed by atoms with Gasteiger partial charge < -0.3 is 14.8 Å². The molecule has 2 aromatic carbocycles. The molecule has 1 aromatic heterocycles. The van der Waals surface area contributed by atoms with Crippen molar-refractivity contribution in [1.29, 1.82) is 0 Å². The Kier molecular flexibility index (Phi) is 6.55. The van der Waals surface area contributed by atoms with Crippen molar-refractivity contribution >= 4 is 11.7 Å². The number of carbonyl (C=O) groups excluding carboxylic acids is 1. The number of aromatic nitrogens is 1. The molecular formula is C25H29N3O. The molecule has 0 saturated carbocycles. The first-order valence-electron chi connectivity index (χ1n) is 9.90. The van der Waals surface area contributed by atoms with Gasteiger partial charge >= 0.3 is 6.03 Å². The fourth-order valence-corrected chi connectivity index (χ4v) is 3.35. The summed E-state index contributed by atoms with van der Waals surface area (Å²) in [5, 5.41) is 3.01. The molecule has 150 valence electrons. The van der Waals surface area contributed by atoms with E-state index in [4.69, 9.17) is 0 Å². The molecule has 3 rings (SSSR count). The summed E-state index contributed by atoms with van der Waals surface area (Å²) in [6.45, 7) is 11.8. The van der Waals surface area contributed by atoms with Crippen LogP contribution in [0.3, 0.4) is 0 Å². The van der Waals surface area contributed by atoms with Crippen molar-refractivity contribution in [3.05, 3.63) is 101 Å². The number of aryl methyl sites for hydroxylation is 3. The number of hydrogen-bond donors (Lipinski definition) is 1. The minimum atomic E-state index is -0.128. The third-order valence-corrected chi connectivity index (χ3v) is 5.11. The average Bonchev–Trinajstić information content (AvgIpc) is 3.11. The van der Waals surface area contributed by atoms with Crippen LogP contribution in [-0.2, 0) is 13.1 Å². The fraction of sp³-hybridized carbons (Fsp3) is 0.240. The van der Waals surface area contributed by atoms with Crippen LogP contribution in [0.5, 0.6) is 0 Å². The van der Waals surface area contributed by atoms with Crippen molar-refractivity contribution in [3.8, 4) is 0 Å². The van der Waals surface area contributed by atoms with Crippen molar-refractivity contribution in [2.45, 2.75) is 33.9 Å². The van der Waals surface area contributed by atoms with E-state index in [1.807, 2.05) is 31.2 Å². The van der Waals surface area contributed by atoms with E-state index in [9.17, 15) is 4.79 Å². The van der Waals surface area contributed by atoms with Crippen LogP contribution >= 0.6 is 0 Å². The monoisotopic (exact) mass is 387 g/mol. The zero-order chi connectivity index (χ0) is 20.8. The van der Waals surface area contributed by atoms with E-state index >= 15 is 0 Å². The van der Waals surface area contributed by atoms with Crippen LogP contribution in [0.25, 0.3) is 0 Å². The summed E-state index contributed by atoms with van der Waals surface area (Å²) in [5.74, 6) is 0. The van der Waals surface area contributed by atoms with E-state index in [2.05, 4.69) is 66.8 Å². The topological polar surface area (TPSA) is 37.3 Å². The summed E-state index contributed by atoms with van der Waals surface area (Å²) in [6.07, 6.45) is 3.82. The largest absolute Gasteiger partial charge is 0.345 e. The Morgan fingerprint density at radius 1 is 1.07 bits per heavy atom. The summed E-state index contributed by atoms with van der Waals surface area (Å²) < 4.78 is 2.19. The zero-order valence-corrected chi connectivity index (χ0v) is 17.5. The highest BCUT2D eigenvalue weighted by Crippen LogP contribution is 2.16. The summed E-state index contributed by atoms with van der Waals surface area (Å²) in [4.78, 5) is 14.7. The van der Waals surface area contributed by atoms with E-state index in [1.165, 1.54) is 16.7 Å². The van der Waals surface area contributed by atoms with E-state index in [0.29, 0.717) is 13.1 Å². The number of rotatable bonds is 7. The molecule has 3 aromatic rings. The molecule has 0 aliphatic heterocycles. The van der Waals surface area contributed by atoms with Gasteiger partial charge in [0.1, 0.15) is 0 Å². The predicted molar refractivity (Wildman–Crippen MR) is 120 cm³/mol. The summed E-state index contributed by atoms with van der Waals surface area (Å²) in [5.41, 5.74) is 6.76. The van der Waals surface area contributed by atoms with Gasteiger partial charge in [-0.2, -0.15) is 0 Å². The van der Waals surface area contributed by atoms with E-state index < -0.39 is 0 Å². The van der Waals surface area contributed by atoms with Gasteiger partial charge in [0.2, 0.25) is 0 Å². The van der Waals surface area contributed by atoms with Gasteiger partial charge in [-0.05, 0) is 61.7 Å². The Labute approximate surface area is 173 Å². The molecule has 0 aliphatic rings. The molecule has 1 N–H and O–H groups in total. The van der Waals surface area contributed by atoms with Gasteiger partial charge in [0.05, 0.1) is 6.54 Å². The van der Waals surface area contributed by atoms with Gasteiger partial charge in [0, 0.05) is 30.7 Å². The number of amides is 2. The lowest BCUT2D eigenvalue weighted by Gasteiger charge is -2.23. The quantitative estimate of drug-likeness (QED) is 0.520. The Morgan fingerprint density at radius 3 is 2.62 bits per heavy atom. The maximum absolute atomic E-state index is 12.9. The van der Waals surface area contributed by atoms with E-state index in [1.54, 1.807) is 11.0 Å². The highest BCUT2D eigenvalue weighted by molar-refractivity contribution is 5.89. The van der Waals surface area contributed by atoms with Crippen LogP contribution in [0.4, 0.5) is 10.5 Å². The molecule has 0 aliphatic carbocycles. The van der Waals surface area contributed by atoms with Crippen molar-refractivity contribution in [1.82, 2.24) is 9.47 Å². The smallest absolute Gasteiger partial charge is 0.322 e. The van der Waals surface area contributed by atoms with Gasteiger partial charge in [-0.1, -0.05) is 42.0 Å². The summed E-state index contributed by atoms with van der Waals surface area (Å²) in [6, 6.07) is 18.4. The normalized spacial score (nSPS) is 10.6. The molecular weight excluding hydrogens is 358 g/mol. The Hall–Kier alpha value is -3.27. The van der Waals surface area contributed by atoms with Crippen LogP contribution < -0.4 is 5.32 Å². The number of anilines is 1. The lowest BCUT2D eigenvalue weighted by molar-refractivity contribution is 0.214. The first-order valence-corrected chi connectivity index (χ1v) is 9.90. The molecule has 4 heteroatoms. The van der Waals surface area contributed by atoms with Gasteiger partial charge in [0.15, 0.2) is 0 Å². The Balaban J connectivity index is 1.73. The molecule has 1 heterocycles. The van der Waals surface area contributed by atoms with Crippen LogP contribution in [0.1, 0.15) is 27.9 Å². The first kappa shape index (κ1) is 20.5. The van der Waals surface area contributed by atoms with Crippen molar-refractivity contribution in [2.24, 2.45) is 0 Å². The maximum Gasteiger partial charge on any atom is 0.322 e. The SMILES string of the molecule is C=CCN(Cc1cccn1Cc1cccc(C)c1)C(=O)Nc1ccc(C)c(C)c1. The fourth-order valence-electron chi connectivity index (χ4n) is 3.35. The van der Waals surface area contributed by atoms with E-state index in [-0.39, 0.29) is 6.03 Å². The van der Waals surface area contributed by atoms with Gasteiger partial charge in [-0.25, -0.2) is 4.79 Å². The molecule has 0 fully saturated rings. The number of carbonyl (C=O) groups is 1. The van der Waals surface area contributed by atoms with Crippen LogP contribution in [0, 0.1) is 20.8 Å². The van der Waals surface area contributed by atoms with Crippen LogP contribution in [0.15, 0.2) is 73.4 Å². The number of urea groups is 1. The zero-order valence-electron chi connectivity index (χ0n) is 17.5. The second-order valence-corrected chi connectivity index (χ2v) is 7.51. The highest BCUT2D eigenvalue weighted by Gasteiger charge is 2.15. The van der Waals surface area contributed by atoms with Crippen molar-refractivity contribution in [2.75, 3.05) is 11.9 Å². The first-order chi connectivity index (χ1) is 14.0. The molecule has 0 bridgehead atoms. The average molecular weight is 388 g/mol. The van der Waals surface area contributed by atoms with Gasteiger partial charge in [-0.3, -0.25) is 0 Å². The second-order valence-electron chi connectivity index (χ2n) is 7.51. The van der Waals surface area contributed by atoms with Crippen molar-refractivity contribution < 1.29 is 4.79 Å². The minimum Gasteiger partial charge on any atom is -0.345 e. The molecule has 0 radical (unpaired) electrons. The number of nitrogens with zero attached hydrogens (tertiary/aromatic N) is 2. The molecule has 4 nitrogen and oxygen atoms in total. The molecule has 0 saturated heterocycles. The summed E-state index contributed by atoms with van der Waals surface area (Å²) in [7, 11) is 0. The molecule has 0 unspecified atom stereocenters. The number of nitrogens with one attached hydrogen (secondary N) is 1. The third kappa shape index (κ3) is 5.38. The predicted octanol–water partition coefficient (Wildman–Crippen LogP) is 5.68. The number of benzene rings is 2. The molecule has 0 spiro atoms. The van der Waals surface area contributed by atoms with Gasteiger partial charge in [0.25, 0.3) is 0 Å². The molecule has 0 atom stereocenters. The Morgan fingerprint density at radius 2 is 1.90 bits per heavy atom. The third-order valence-electron chi connectivity index (χ3n) is 5.11.